The Morgan fingerprint density at radius 1 is 1.00 bits per heavy atom. The van der Waals surface area contributed by atoms with E-state index in [1.165, 1.54) is 17.8 Å². The van der Waals surface area contributed by atoms with E-state index in [0.29, 0.717) is 21.6 Å². The lowest BCUT2D eigenvalue weighted by atomic mass is 9.98. The van der Waals surface area contributed by atoms with E-state index in [1.54, 1.807) is 50.3 Å². The molecule has 0 bridgehead atoms. The van der Waals surface area contributed by atoms with Crippen molar-refractivity contribution in [3.63, 3.8) is 0 Å². The molecule has 9 nitrogen and oxygen atoms in total. The van der Waals surface area contributed by atoms with Gasteiger partial charge in [0.05, 0.1) is 4.91 Å². The monoisotopic (exact) mass is 497 g/mol. The molecule has 184 valence electrons. The van der Waals surface area contributed by atoms with E-state index in [1.807, 2.05) is 0 Å². The van der Waals surface area contributed by atoms with Crippen LogP contribution < -0.4 is 16.0 Å². The van der Waals surface area contributed by atoms with Crippen LogP contribution in [-0.4, -0.2) is 52.2 Å². The van der Waals surface area contributed by atoms with Crippen LogP contribution in [0.4, 0.5) is 0 Å². The Balaban J connectivity index is 1.65. The van der Waals surface area contributed by atoms with Crippen molar-refractivity contribution in [2.24, 2.45) is 0 Å². The molecule has 2 aromatic carbocycles. The van der Waals surface area contributed by atoms with Crippen molar-refractivity contribution in [2.75, 3.05) is 12.3 Å². The number of carbonyl (C=O) groups excluding carboxylic acids is 3. The fourth-order valence-electron chi connectivity index (χ4n) is 3.69. The number of phenolic OH excluding ortho intramolecular Hbond substituents is 1. The van der Waals surface area contributed by atoms with Crippen molar-refractivity contribution in [3.8, 4) is 5.75 Å². The van der Waals surface area contributed by atoms with Gasteiger partial charge in [0.2, 0.25) is 0 Å². The topological polar surface area (TPSA) is 145 Å². The summed E-state index contributed by atoms with van der Waals surface area (Å²) in [6, 6.07) is 8.34. The lowest BCUT2D eigenvalue weighted by molar-refractivity contribution is -0.139. The lowest BCUT2D eigenvalue weighted by Gasteiger charge is -2.18. The van der Waals surface area contributed by atoms with Gasteiger partial charge in [-0.05, 0) is 61.2 Å². The predicted octanol–water partition coefficient (Wildman–Crippen LogP) is 2.26. The van der Waals surface area contributed by atoms with Gasteiger partial charge in [0, 0.05) is 30.0 Å². The first-order valence-electron chi connectivity index (χ1n) is 11.0. The number of allylic oxidation sites excluding steroid dienone is 1. The number of rotatable bonds is 9. The first-order chi connectivity index (χ1) is 16.7. The molecule has 0 saturated heterocycles. The van der Waals surface area contributed by atoms with Crippen LogP contribution >= 0.6 is 11.8 Å². The van der Waals surface area contributed by atoms with Gasteiger partial charge in [0.1, 0.15) is 11.8 Å². The average Bonchev–Trinajstić information content (AvgIpc) is 3.34. The SMILES string of the molecule is Cc1cc(C(=O)NCc2cccc(O)c2)cc(C)c1C(=O)N[C@@H](CNC(=O)C1=CCCS1)C(=O)O. The molecule has 1 atom stereocenters. The number of carbonyl (C=O) groups is 4. The van der Waals surface area contributed by atoms with Crippen LogP contribution in [0, 0.1) is 13.8 Å². The van der Waals surface area contributed by atoms with E-state index in [4.69, 9.17) is 0 Å². The van der Waals surface area contributed by atoms with Gasteiger partial charge in [0.15, 0.2) is 0 Å². The second-order valence-electron chi connectivity index (χ2n) is 8.12. The Hall–Kier alpha value is -3.79. The highest BCUT2D eigenvalue weighted by atomic mass is 32.2. The number of aliphatic carboxylic acids is 1. The highest BCUT2D eigenvalue weighted by Crippen LogP contribution is 2.24. The van der Waals surface area contributed by atoms with Gasteiger partial charge in [-0.1, -0.05) is 18.2 Å². The number of hydrogen-bond acceptors (Lipinski definition) is 6. The number of thioether (sulfide) groups is 1. The van der Waals surface area contributed by atoms with Gasteiger partial charge >= 0.3 is 5.97 Å². The molecule has 10 heteroatoms. The fourth-order valence-corrected chi connectivity index (χ4v) is 4.59. The normalized spacial score (nSPS) is 13.5. The van der Waals surface area contributed by atoms with E-state index in [2.05, 4.69) is 16.0 Å². The number of aryl methyl sites for hydroxylation is 2. The smallest absolute Gasteiger partial charge is 0.328 e. The minimum absolute atomic E-state index is 0.104. The zero-order valence-electron chi connectivity index (χ0n) is 19.4. The molecule has 35 heavy (non-hydrogen) atoms. The van der Waals surface area contributed by atoms with Crippen LogP contribution in [-0.2, 0) is 16.1 Å². The highest BCUT2D eigenvalue weighted by molar-refractivity contribution is 8.04. The summed E-state index contributed by atoms with van der Waals surface area (Å²) in [5.74, 6) is -1.68. The molecule has 3 amide bonds. The van der Waals surface area contributed by atoms with Gasteiger partial charge < -0.3 is 26.2 Å². The molecule has 0 spiro atoms. The third kappa shape index (κ3) is 6.86. The van der Waals surface area contributed by atoms with Crippen LogP contribution in [0.1, 0.15) is 43.8 Å². The van der Waals surface area contributed by atoms with Gasteiger partial charge in [-0.25, -0.2) is 4.79 Å². The summed E-state index contributed by atoms with van der Waals surface area (Å²) in [6.45, 7) is 3.28. The first kappa shape index (κ1) is 25.8. The second-order valence-corrected chi connectivity index (χ2v) is 9.25. The number of carboxylic acid groups (broad SMARTS) is 1. The van der Waals surface area contributed by atoms with E-state index in [0.717, 1.165) is 17.7 Å². The lowest BCUT2D eigenvalue weighted by Crippen LogP contribution is -2.48. The van der Waals surface area contributed by atoms with Crippen LogP contribution in [0.2, 0.25) is 0 Å². The highest BCUT2D eigenvalue weighted by Gasteiger charge is 2.25. The van der Waals surface area contributed by atoms with Crippen LogP contribution in [0.5, 0.6) is 5.75 Å². The summed E-state index contributed by atoms with van der Waals surface area (Å²) >= 11 is 1.40. The Morgan fingerprint density at radius 2 is 1.71 bits per heavy atom. The molecular weight excluding hydrogens is 470 g/mol. The van der Waals surface area contributed by atoms with E-state index in [-0.39, 0.29) is 36.2 Å². The molecule has 0 radical (unpaired) electrons. The fraction of sp³-hybridized carbons (Fsp3) is 0.280. The number of hydrogen-bond donors (Lipinski definition) is 5. The zero-order valence-corrected chi connectivity index (χ0v) is 20.2. The Bertz CT molecular complexity index is 1170. The molecule has 0 aromatic heterocycles. The third-order valence-electron chi connectivity index (χ3n) is 5.38. The summed E-state index contributed by atoms with van der Waals surface area (Å²) in [7, 11) is 0. The molecule has 0 unspecified atom stereocenters. The van der Waals surface area contributed by atoms with Crippen LogP contribution in [0.3, 0.4) is 0 Å². The number of carboxylic acids is 1. The summed E-state index contributed by atoms with van der Waals surface area (Å²) in [6.07, 6.45) is 2.58. The number of nitrogens with one attached hydrogen (secondary N) is 3. The molecular formula is C25H27N3O6S. The molecule has 3 rings (SSSR count). The number of aromatic hydroxyl groups is 1. The quantitative estimate of drug-likeness (QED) is 0.357. The van der Waals surface area contributed by atoms with Crippen molar-refractivity contribution in [2.45, 2.75) is 32.9 Å². The summed E-state index contributed by atoms with van der Waals surface area (Å²) < 4.78 is 0. The molecule has 0 saturated carbocycles. The number of phenols is 1. The molecule has 2 aromatic rings. The number of amides is 3. The minimum Gasteiger partial charge on any atom is -0.508 e. The average molecular weight is 498 g/mol. The van der Waals surface area contributed by atoms with Crippen molar-refractivity contribution in [1.82, 2.24) is 16.0 Å². The molecule has 1 heterocycles. The van der Waals surface area contributed by atoms with Crippen molar-refractivity contribution in [3.05, 3.63) is 75.2 Å². The Kier molecular flexibility index (Phi) is 8.53. The third-order valence-corrected chi connectivity index (χ3v) is 6.49. The van der Waals surface area contributed by atoms with Crippen molar-refractivity contribution < 1.29 is 29.4 Å². The van der Waals surface area contributed by atoms with E-state index < -0.39 is 17.9 Å². The van der Waals surface area contributed by atoms with Gasteiger partial charge in [0.25, 0.3) is 17.7 Å². The Morgan fingerprint density at radius 3 is 2.31 bits per heavy atom. The minimum atomic E-state index is -1.32. The predicted molar refractivity (Wildman–Crippen MR) is 132 cm³/mol. The molecule has 5 N–H and O–H groups in total. The van der Waals surface area contributed by atoms with Gasteiger partial charge in [-0.3, -0.25) is 14.4 Å². The summed E-state index contributed by atoms with van der Waals surface area (Å²) in [5, 5.41) is 26.8. The maximum absolute atomic E-state index is 12.9. The summed E-state index contributed by atoms with van der Waals surface area (Å²) in [5.41, 5.74) is 2.36. The largest absolute Gasteiger partial charge is 0.508 e. The first-order valence-corrected chi connectivity index (χ1v) is 12.0. The van der Waals surface area contributed by atoms with Gasteiger partial charge in [-0.2, -0.15) is 0 Å². The summed E-state index contributed by atoms with van der Waals surface area (Å²) in [4.78, 5) is 49.9. The molecule has 0 fully saturated rings. The van der Waals surface area contributed by atoms with Gasteiger partial charge in [-0.15, -0.1) is 11.8 Å². The maximum Gasteiger partial charge on any atom is 0.328 e. The van der Waals surface area contributed by atoms with E-state index >= 15 is 0 Å². The van der Waals surface area contributed by atoms with E-state index in [9.17, 15) is 29.4 Å². The Labute approximate surface area is 207 Å². The zero-order chi connectivity index (χ0) is 25.5. The molecule has 0 aliphatic carbocycles. The number of benzene rings is 2. The molecule has 1 aliphatic heterocycles. The van der Waals surface area contributed by atoms with Crippen LogP contribution in [0.25, 0.3) is 0 Å². The standard InChI is InChI=1S/C25H27N3O6S/c1-14-9-17(22(30)26-12-16-5-3-6-18(29)11-16)10-15(2)21(14)24(32)28-19(25(33)34)13-27-23(31)20-7-4-8-35-20/h3,5-7,9-11,19,29H,4,8,12-13H2,1-2H3,(H,26,30)(H,27,31)(H,28,32)(H,33,34)/t19-/m0/s1. The maximum atomic E-state index is 12.9. The van der Waals surface area contributed by atoms with Crippen molar-refractivity contribution in [1.29, 1.82) is 0 Å². The van der Waals surface area contributed by atoms with Crippen LogP contribution in [0.15, 0.2) is 47.4 Å². The van der Waals surface area contributed by atoms with Crippen molar-refractivity contribution >= 4 is 35.5 Å². The second kappa shape index (κ2) is 11.6. The molecule has 1 aliphatic rings.